The minimum atomic E-state index is -0.309. The van der Waals surface area contributed by atoms with Crippen LogP contribution in [0.5, 0.6) is 5.75 Å². The van der Waals surface area contributed by atoms with E-state index in [9.17, 15) is 9.18 Å². The summed E-state index contributed by atoms with van der Waals surface area (Å²) in [5.41, 5.74) is 1.37. The zero-order valence-corrected chi connectivity index (χ0v) is 17.5. The molecule has 0 saturated heterocycles. The smallest absolute Gasteiger partial charge is 0.159 e. The molecule has 28 heavy (non-hydrogen) atoms. The number of benzene rings is 1. The van der Waals surface area contributed by atoms with Crippen LogP contribution in [-0.4, -0.2) is 12.9 Å². The molecule has 1 fully saturated rings. The Labute approximate surface area is 169 Å². The largest absolute Gasteiger partial charge is 0.497 e. The first-order valence-electron chi connectivity index (χ1n) is 11.2. The number of carbonyl (C=O) groups is 1. The highest BCUT2D eigenvalue weighted by Crippen LogP contribution is 2.37. The molecule has 0 radical (unpaired) electrons. The van der Waals surface area contributed by atoms with Crippen LogP contribution >= 0.6 is 0 Å². The van der Waals surface area contributed by atoms with Crippen LogP contribution in [0.15, 0.2) is 24.3 Å². The normalized spacial score (nSPS) is 25.5. The predicted molar refractivity (Wildman–Crippen MR) is 113 cm³/mol. The monoisotopic (exact) mass is 386 g/mol. The van der Waals surface area contributed by atoms with Gasteiger partial charge in [0.2, 0.25) is 0 Å². The van der Waals surface area contributed by atoms with Gasteiger partial charge in [-0.1, -0.05) is 51.9 Å². The lowest BCUT2D eigenvalue weighted by atomic mass is 9.76. The lowest BCUT2D eigenvalue weighted by molar-refractivity contribution is -0.118. The molecule has 3 rings (SSSR count). The average molecular weight is 387 g/mol. The number of hydrogen-bond donors (Lipinski definition) is 0. The third-order valence-electron chi connectivity index (χ3n) is 6.86. The van der Waals surface area contributed by atoms with Crippen molar-refractivity contribution in [2.45, 2.75) is 77.6 Å². The molecule has 0 aliphatic heterocycles. The molecule has 1 unspecified atom stereocenters. The number of ketones is 1. The Morgan fingerprint density at radius 2 is 1.75 bits per heavy atom. The van der Waals surface area contributed by atoms with Crippen molar-refractivity contribution in [3.63, 3.8) is 0 Å². The molecule has 0 N–H and O–H groups in total. The molecule has 2 aliphatic rings. The first kappa shape index (κ1) is 21.1. The summed E-state index contributed by atoms with van der Waals surface area (Å²) in [5.74, 6) is 2.26. The number of ether oxygens (including phenoxy) is 1. The number of rotatable bonds is 8. The Morgan fingerprint density at radius 3 is 2.36 bits per heavy atom. The minimum absolute atomic E-state index is 0.128. The number of methoxy groups -OCH3 is 1. The van der Waals surface area contributed by atoms with Crippen LogP contribution in [0.25, 0.3) is 5.57 Å². The lowest BCUT2D eigenvalue weighted by Gasteiger charge is -2.30. The van der Waals surface area contributed by atoms with Crippen molar-refractivity contribution in [2.24, 2.45) is 17.8 Å². The van der Waals surface area contributed by atoms with Crippen LogP contribution in [0.1, 0.15) is 83.1 Å². The van der Waals surface area contributed by atoms with E-state index in [4.69, 9.17) is 4.74 Å². The average Bonchev–Trinajstić information content (AvgIpc) is 2.72. The van der Waals surface area contributed by atoms with Gasteiger partial charge in [-0.25, -0.2) is 4.39 Å². The van der Waals surface area contributed by atoms with Gasteiger partial charge in [0.1, 0.15) is 11.6 Å². The van der Waals surface area contributed by atoms with Crippen molar-refractivity contribution in [1.29, 1.82) is 0 Å². The molecule has 0 bridgehead atoms. The van der Waals surface area contributed by atoms with Crippen molar-refractivity contribution < 1.29 is 13.9 Å². The Hall–Kier alpha value is -1.64. The second-order valence-corrected chi connectivity index (χ2v) is 8.76. The van der Waals surface area contributed by atoms with Crippen molar-refractivity contribution in [2.75, 3.05) is 7.11 Å². The van der Waals surface area contributed by atoms with Gasteiger partial charge in [0.15, 0.2) is 5.78 Å². The summed E-state index contributed by atoms with van der Waals surface area (Å²) in [5, 5.41) is 0. The first-order valence-corrected chi connectivity index (χ1v) is 11.2. The number of carbonyl (C=O) groups excluding carboxylic acids is 1. The molecule has 1 aromatic rings. The zero-order chi connectivity index (χ0) is 19.9. The molecule has 0 aromatic heterocycles. The van der Waals surface area contributed by atoms with Gasteiger partial charge < -0.3 is 4.74 Å². The van der Waals surface area contributed by atoms with Crippen LogP contribution in [0.4, 0.5) is 4.39 Å². The molecule has 154 valence electrons. The minimum Gasteiger partial charge on any atom is -0.497 e. The number of allylic oxidation sites excluding steroid dienone is 2. The number of halogens is 1. The van der Waals surface area contributed by atoms with Gasteiger partial charge >= 0.3 is 0 Å². The summed E-state index contributed by atoms with van der Waals surface area (Å²) in [6, 6.07) is 4.88. The fourth-order valence-electron chi connectivity index (χ4n) is 4.95. The topological polar surface area (TPSA) is 26.3 Å². The summed E-state index contributed by atoms with van der Waals surface area (Å²) >= 11 is 0. The Bertz CT molecular complexity index is 686. The zero-order valence-electron chi connectivity index (χ0n) is 17.5. The number of unbranched alkanes of at least 4 members (excludes halogenated alkanes) is 1. The van der Waals surface area contributed by atoms with Gasteiger partial charge in [-0.2, -0.15) is 0 Å². The highest BCUT2D eigenvalue weighted by molar-refractivity contribution is 6.00. The van der Waals surface area contributed by atoms with Crippen LogP contribution in [-0.2, 0) is 4.79 Å². The summed E-state index contributed by atoms with van der Waals surface area (Å²) in [6.45, 7) is 2.27. The van der Waals surface area contributed by atoms with Gasteiger partial charge in [-0.15, -0.1) is 0 Å². The summed E-state index contributed by atoms with van der Waals surface area (Å²) in [6.07, 6.45) is 15.0. The second-order valence-electron chi connectivity index (χ2n) is 8.76. The van der Waals surface area contributed by atoms with E-state index < -0.39 is 0 Å². The Balaban J connectivity index is 1.49. The standard InChI is InChI=1S/C25H35FO2/c1-3-4-5-18-6-8-19(9-7-18)10-11-20-12-13-21(16-25(20)27)23-15-14-22(28-2)17-24(23)26/h14-20H,3-13H2,1-2H3. The highest BCUT2D eigenvalue weighted by atomic mass is 19.1. The van der Waals surface area contributed by atoms with Gasteiger partial charge in [0.05, 0.1) is 7.11 Å². The summed E-state index contributed by atoms with van der Waals surface area (Å²) in [4.78, 5) is 12.6. The van der Waals surface area contributed by atoms with E-state index in [0.717, 1.165) is 36.7 Å². The van der Waals surface area contributed by atoms with Crippen molar-refractivity contribution >= 4 is 11.4 Å². The van der Waals surface area contributed by atoms with Crippen LogP contribution in [0, 0.1) is 23.6 Å². The predicted octanol–water partition coefficient (Wildman–Crippen LogP) is 6.97. The van der Waals surface area contributed by atoms with Crippen molar-refractivity contribution in [3.8, 4) is 5.75 Å². The molecular formula is C25H35FO2. The van der Waals surface area contributed by atoms with Crippen molar-refractivity contribution in [3.05, 3.63) is 35.7 Å². The molecular weight excluding hydrogens is 351 g/mol. The van der Waals surface area contributed by atoms with E-state index in [2.05, 4.69) is 6.92 Å². The molecule has 1 aromatic carbocycles. The third kappa shape index (κ3) is 5.46. The second kappa shape index (κ2) is 10.2. The quantitative estimate of drug-likeness (QED) is 0.482. The van der Waals surface area contributed by atoms with Crippen LogP contribution < -0.4 is 4.74 Å². The van der Waals surface area contributed by atoms with E-state index in [1.165, 1.54) is 64.5 Å². The van der Waals surface area contributed by atoms with Gasteiger partial charge in [-0.3, -0.25) is 4.79 Å². The van der Waals surface area contributed by atoms with Crippen LogP contribution in [0.3, 0.4) is 0 Å². The van der Waals surface area contributed by atoms with E-state index in [1.54, 1.807) is 18.2 Å². The van der Waals surface area contributed by atoms with E-state index in [-0.39, 0.29) is 17.5 Å². The van der Waals surface area contributed by atoms with Crippen molar-refractivity contribution in [1.82, 2.24) is 0 Å². The third-order valence-corrected chi connectivity index (χ3v) is 6.86. The Kier molecular flexibility index (Phi) is 7.70. The summed E-state index contributed by atoms with van der Waals surface area (Å²) in [7, 11) is 1.53. The van der Waals surface area contributed by atoms with Gasteiger partial charge in [0.25, 0.3) is 0 Å². The number of hydrogen-bond acceptors (Lipinski definition) is 2. The molecule has 0 heterocycles. The maximum atomic E-state index is 14.3. The molecule has 2 nitrogen and oxygen atoms in total. The molecule has 0 amide bonds. The first-order chi connectivity index (χ1) is 13.6. The van der Waals surface area contributed by atoms with Gasteiger partial charge in [0, 0.05) is 17.5 Å². The molecule has 1 saturated carbocycles. The molecule has 3 heteroatoms. The Morgan fingerprint density at radius 1 is 1.04 bits per heavy atom. The molecule has 2 aliphatic carbocycles. The highest BCUT2D eigenvalue weighted by Gasteiger charge is 2.26. The van der Waals surface area contributed by atoms with Gasteiger partial charge in [-0.05, 0) is 61.3 Å². The van der Waals surface area contributed by atoms with E-state index >= 15 is 0 Å². The maximum Gasteiger partial charge on any atom is 0.159 e. The SMILES string of the molecule is CCCCC1CCC(CCC2CCC(c3ccc(OC)cc3F)=CC2=O)CC1. The molecule has 0 spiro atoms. The fraction of sp³-hybridized carbons (Fsp3) is 0.640. The fourth-order valence-corrected chi connectivity index (χ4v) is 4.95. The summed E-state index contributed by atoms with van der Waals surface area (Å²) < 4.78 is 19.4. The van der Waals surface area contributed by atoms with E-state index in [1.807, 2.05) is 0 Å². The molecule has 1 atom stereocenters. The lowest BCUT2D eigenvalue weighted by Crippen LogP contribution is -2.20. The van der Waals surface area contributed by atoms with Crippen LogP contribution in [0.2, 0.25) is 0 Å². The maximum absolute atomic E-state index is 14.3. The van der Waals surface area contributed by atoms with E-state index in [0.29, 0.717) is 11.3 Å².